The van der Waals surface area contributed by atoms with Gasteiger partial charge < -0.3 is 10.2 Å². The summed E-state index contributed by atoms with van der Waals surface area (Å²) < 4.78 is 13.3. The summed E-state index contributed by atoms with van der Waals surface area (Å²) in [6.45, 7) is 6.31. The van der Waals surface area contributed by atoms with Crippen molar-refractivity contribution in [2.75, 3.05) is 24.5 Å². The van der Waals surface area contributed by atoms with Gasteiger partial charge in [-0.05, 0) is 48.6 Å². The second kappa shape index (κ2) is 10.9. The van der Waals surface area contributed by atoms with Gasteiger partial charge in [0.2, 0.25) is 11.2 Å². The first kappa shape index (κ1) is 22.0. The lowest BCUT2D eigenvalue weighted by atomic mass is 10.2. The largest absolute Gasteiger partial charge is 0.354 e. The minimum absolute atomic E-state index is 0.0981. The molecule has 0 radical (unpaired) electrons. The molecule has 1 unspecified atom stereocenters. The lowest BCUT2D eigenvalue weighted by molar-refractivity contribution is -0.116. The molecular weight excluding hydrogens is 404 g/mol. The van der Waals surface area contributed by atoms with Crippen LogP contribution in [0, 0.1) is 11.7 Å². The number of nitrogens with zero attached hydrogens (tertiary/aromatic N) is 4. The maximum absolute atomic E-state index is 13.3. The summed E-state index contributed by atoms with van der Waals surface area (Å²) >= 11 is 11.2. The van der Waals surface area contributed by atoms with Crippen LogP contribution >= 0.6 is 23.2 Å². The number of amides is 1. The van der Waals surface area contributed by atoms with E-state index in [1.807, 2.05) is 11.8 Å². The maximum Gasteiger partial charge on any atom is 0.243 e. The molecule has 1 N–H and O–H groups in total. The van der Waals surface area contributed by atoms with Crippen molar-refractivity contribution in [2.24, 2.45) is 5.92 Å². The fourth-order valence-electron chi connectivity index (χ4n) is 2.58. The third kappa shape index (κ3) is 7.05. The number of aromatic nitrogens is 3. The Morgan fingerprint density at radius 3 is 2.75 bits per heavy atom. The van der Waals surface area contributed by atoms with Gasteiger partial charge in [0.1, 0.15) is 5.15 Å². The lowest BCUT2D eigenvalue weighted by Crippen LogP contribution is -2.21. The van der Waals surface area contributed by atoms with E-state index in [2.05, 4.69) is 27.2 Å². The van der Waals surface area contributed by atoms with Gasteiger partial charge >= 0.3 is 0 Å². The average Bonchev–Trinajstić information content (AvgIpc) is 3.10. The Balaban J connectivity index is 0.000000200. The van der Waals surface area contributed by atoms with Crippen molar-refractivity contribution < 1.29 is 9.18 Å². The highest BCUT2D eigenvalue weighted by atomic mass is 35.5. The Kier molecular flexibility index (Phi) is 8.60. The molecular formula is C19H22Cl2FN5O. The summed E-state index contributed by atoms with van der Waals surface area (Å²) in [6.07, 6.45) is 6.95. The first-order valence-electron chi connectivity index (χ1n) is 8.89. The van der Waals surface area contributed by atoms with Crippen LogP contribution in [0.3, 0.4) is 0 Å². The second-order valence-corrected chi connectivity index (χ2v) is 7.02. The smallest absolute Gasteiger partial charge is 0.243 e. The first-order valence-corrected chi connectivity index (χ1v) is 9.65. The highest BCUT2D eigenvalue weighted by Gasteiger charge is 2.22. The first-order chi connectivity index (χ1) is 13.4. The summed E-state index contributed by atoms with van der Waals surface area (Å²) in [7, 11) is 0. The van der Waals surface area contributed by atoms with E-state index in [1.165, 1.54) is 6.08 Å². The molecule has 2 aromatic heterocycles. The highest BCUT2D eigenvalue weighted by Crippen LogP contribution is 2.24. The van der Waals surface area contributed by atoms with Crippen molar-refractivity contribution >= 4 is 41.0 Å². The van der Waals surface area contributed by atoms with Gasteiger partial charge in [-0.1, -0.05) is 24.6 Å². The van der Waals surface area contributed by atoms with Gasteiger partial charge in [0.25, 0.3) is 0 Å². The fourth-order valence-corrected chi connectivity index (χ4v) is 2.82. The second-order valence-electron chi connectivity index (χ2n) is 6.29. The van der Waals surface area contributed by atoms with Crippen molar-refractivity contribution in [3.8, 4) is 0 Å². The summed E-state index contributed by atoms with van der Waals surface area (Å²) in [6, 6.07) is 3.48. The van der Waals surface area contributed by atoms with Crippen molar-refractivity contribution in [1.29, 1.82) is 0 Å². The van der Waals surface area contributed by atoms with Gasteiger partial charge in [0.15, 0.2) is 11.6 Å². The Hall–Kier alpha value is -2.25. The maximum atomic E-state index is 13.3. The predicted octanol–water partition coefficient (Wildman–Crippen LogP) is 4.00. The molecule has 6 nitrogen and oxygen atoms in total. The van der Waals surface area contributed by atoms with Crippen LogP contribution < -0.4 is 10.2 Å². The van der Waals surface area contributed by atoms with Crippen LogP contribution in [0.4, 0.5) is 10.2 Å². The molecule has 28 heavy (non-hydrogen) atoms. The third-order valence-electron chi connectivity index (χ3n) is 3.95. The molecule has 0 saturated carbocycles. The van der Waals surface area contributed by atoms with Crippen molar-refractivity contribution in [1.82, 2.24) is 20.3 Å². The van der Waals surface area contributed by atoms with E-state index in [4.69, 9.17) is 23.2 Å². The number of halogens is 3. The van der Waals surface area contributed by atoms with Crippen LogP contribution in [0.2, 0.25) is 10.4 Å². The molecule has 2 aromatic rings. The molecule has 0 bridgehead atoms. The monoisotopic (exact) mass is 425 g/mol. The van der Waals surface area contributed by atoms with Gasteiger partial charge in [-0.15, -0.1) is 0 Å². The van der Waals surface area contributed by atoms with E-state index >= 15 is 0 Å². The minimum Gasteiger partial charge on any atom is -0.354 e. The number of anilines is 1. The quantitative estimate of drug-likeness (QED) is 0.455. The Morgan fingerprint density at radius 2 is 2.14 bits per heavy atom. The standard InChI is InChI=1S/C10H11ClN2O.C9H11ClFN3/c1-2-12-10(14)6-4-8-3-5-9(11)13-7-8;1-6-2-3-14(5-6)8-7(11)4-12-9(10)13-8/h3-7H,2H2,1H3,(H,12,14);4,6H,2-3,5H2,1H3/b6-4+;. The minimum atomic E-state index is -0.400. The van der Waals surface area contributed by atoms with Crippen LogP contribution in [0.1, 0.15) is 25.8 Å². The molecule has 1 aliphatic heterocycles. The van der Waals surface area contributed by atoms with Crippen LogP contribution in [0.25, 0.3) is 6.08 Å². The Bertz CT molecular complexity index is 816. The van der Waals surface area contributed by atoms with Crippen molar-refractivity contribution in [2.45, 2.75) is 20.3 Å². The van der Waals surface area contributed by atoms with E-state index in [-0.39, 0.29) is 11.2 Å². The SMILES string of the molecule is CC1CCN(c2nc(Cl)ncc2F)C1.CCNC(=O)/C=C/c1ccc(Cl)nc1. The Morgan fingerprint density at radius 1 is 1.36 bits per heavy atom. The van der Waals surface area contributed by atoms with Gasteiger partial charge in [-0.3, -0.25) is 4.79 Å². The molecule has 0 aliphatic carbocycles. The van der Waals surface area contributed by atoms with Crippen LogP contribution in [0.5, 0.6) is 0 Å². The fraction of sp³-hybridized carbons (Fsp3) is 0.368. The molecule has 1 saturated heterocycles. The molecule has 9 heteroatoms. The number of rotatable bonds is 4. The molecule has 150 valence electrons. The van der Waals surface area contributed by atoms with E-state index in [0.717, 1.165) is 31.3 Å². The van der Waals surface area contributed by atoms with Crippen LogP contribution in [-0.4, -0.2) is 40.5 Å². The number of hydrogen-bond donors (Lipinski definition) is 1. The highest BCUT2D eigenvalue weighted by molar-refractivity contribution is 6.29. The van der Waals surface area contributed by atoms with E-state index in [0.29, 0.717) is 23.4 Å². The molecule has 0 spiro atoms. The number of likely N-dealkylation sites (N-methyl/N-ethyl adjacent to an activating group) is 1. The molecule has 3 rings (SSSR count). The third-order valence-corrected chi connectivity index (χ3v) is 4.35. The topological polar surface area (TPSA) is 71.0 Å². The van der Waals surface area contributed by atoms with Gasteiger partial charge in [-0.25, -0.2) is 14.4 Å². The molecule has 1 aliphatic rings. The lowest BCUT2D eigenvalue weighted by Gasteiger charge is -2.16. The van der Waals surface area contributed by atoms with Gasteiger partial charge in [0.05, 0.1) is 6.20 Å². The number of nitrogens with one attached hydrogen (secondary N) is 1. The number of carbonyl (C=O) groups is 1. The average molecular weight is 426 g/mol. The summed E-state index contributed by atoms with van der Waals surface area (Å²) in [5.74, 6) is 0.406. The number of pyridine rings is 1. The van der Waals surface area contributed by atoms with Crippen molar-refractivity contribution in [3.63, 3.8) is 0 Å². The van der Waals surface area contributed by atoms with Crippen LogP contribution in [-0.2, 0) is 4.79 Å². The molecule has 1 fully saturated rings. The van der Waals surface area contributed by atoms with Crippen molar-refractivity contribution in [3.05, 3.63) is 52.4 Å². The molecule has 1 amide bonds. The zero-order valence-electron chi connectivity index (χ0n) is 15.7. The van der Waals surface area contributed by atoms with Gasteiger partial charge in [0, 0.05) is 31.9 Å². The number of hydrogen-bond acceptors (Lipinski definition) is 5. The number of carbonyl (C=O) groups excluding carboxylic acids is 1. The molecule has 3 heterocycles. The zero-order chi connectivity index (χ0) is 20.5. The molecule has 0 aromatic carbocycles. The zero-order valence-corrected chi connectivity index (χ0v) is 17.2. The molecule has 1 atom stereocenters. The summed E-state index contributed by atoms with van der Waals surface area (Å²) in [5.41, 5.74) is 0.848. The van der Waals surface area contributed by atoms with E-state index in [1.54, 1.807) is 24.4 Å². The van der Waals surface area contributed by atoms with E-state index in [9.17, 15) is 9.18 Å². The Labute approximate surface area is 173 Å². The predicted molar refractivity (Wildman–Crippen MR) is 110 cm³/mol. The normalized spacial score (nSPS) is 16.0. The summed E-state index contributed by atoms with van der Waals surface area (Å²) in [4.78, 5) is 24.3. The van der Waals surface area contributed by atoms with E-state index < -0.39 is 5.82 Å². The summed E-state index contributed by atoms with van der Waals surface area (Å²) in [5, 5.41) is 3.20. The van der Waals surface area contributed by atoms with Gasteiger partial charge in [-0.2, -0.15) is 4.98 Å². The van der Waals surface area contributed by atoms with Crippen LogP contribution in [0.15, 0.2) is 30.6 Å².